The highest BCUT2D eigenvalue weighted by molar-refractivity contribution is 7.99. The number of thioether (sulfide) groups is 3. The van der Waals surface area contributed by atoms with E-state index in [9.17, 15) is 0 Å². The Balaban J connectivity index is 1.47. The van der Waals surface area contributed by atoms with Crippen LogP contribution in [0.4, 0.5) is 0 Å². The molecule has 0 N–H and O–H groups in total. The van der Waals surface area contributed by atoms with Crippen molar-refractivity contribution >= 4 is 47.4 Å². The van der Waals surface area contributed by atoms with Crippen molar-refractivity contribution in [3.05, 3.63) is 119 Å². The summed E-state index contributed by atoms with van der Waals surface area (Å²) >= 11 is 4.95. The Kier molecular flexibility index (Phi) is 10.7. The Morgan fingerprint density at radius 1 is 0.605 bits per heavy atom. The van der Waals surface area contributed by atoms with Crippen LogP contribution in [0, 0.1) is 0 Å². The zero-order valence-electron chi connectivity index (χ0n) is 22.0. The Hall–Kier alpha value is -2.80. The molecule has 1 atom stereocenters. The van der Waals surface area contributed by atoms with Crippen molar-refractivity contribution < 1.29 is 0 Å². The van der Waals surface area contributed by atoms with Crippen LogP contribution in [0.15, 0.2) is 101 Å². The molecule has 0 bridgehead atoms. The first-order valence-electron chi connectivity index (χ1n) is 12.7. The molecule has 194 valence electrons. The molecule has 0 amide bonds. The maximum Gasteiger partial charge on any atom is 0.192 e. The van der Waals surface area contributed by atoms with Gasteiger partial charge in [0.1, 0.15) is 0 Å². The molecule has 1 heterocycles. The molecule has 0 radical (unpaired) electrons. The Morgan fingerprint density at radius 3 is 1.26 bits per heavy atom. The summed E-state index contributed by atoms with van der Waals surface area (Å²) in [5.41, 5.74) is 7.36. The molecule has 1 unspecified atom stereocenters. The normalized spacial score (nSPS) is 11.7. The standard InChI is InChI=1S/C32H33N3S3/c1-5-23(4)29-18-16-28(17-19-29)22-38-32-34-30(36-20-26-12-8-24(6-2)9-13-26)33-31(35-32)37-21-27-14-10-25(7-3)11-15-27/h6-19,23H,2-3,5,20-22H2,1,4H3. The number of nitrogens with zero attached hydrogens (tertiary/aromatic N) is 3. The van der Waals surface area contributed by atoms with Crippen molar-refractivity contribution in [2.24, 2.45) is 0 Å². The Bertz CT molecular complexity index is 1260. The van der Waals surface area contributed by atoms with Crippen LogP contribution in [0.5, 0.6) is 0 Å². The smallest absolute Gasteiger partial charge is 0.192 e. The van der Waals surface area contributed by atoms with Gasteiger partial charge in [-0.2, -0.15) is 15.0 Å². The molecule has 0 aliphatic heterocycles. The first-order valence-corrected chi connectivity index (χ1v) is 15.7. The second-order valence-electron chi connectivity index (χ2n) is 8.99. The lowest BCUT2D eigenvalue weighted by atomic mass is 9.98. The van der Waals surface area contributed by atoms with E-state index in [1.165, 1.54) is 22.3 Å². The van der Waals surface area contributed by atoms with Gasteiger partial charge in [0.25, 0.3) is 0 Å². The van der Waals surface area contributed by atoms with Gasteiger partial charge in [-0.1, -0.05) is 147 Å². The van der Waals surface area contributed by atoms with Gasteiger partial charge in [-0.25, -0.2) is 0 Å². The lowest BCUT2D eigenvalue weighted by molar-refractivity contribution is 0.717. The highest BCUT2D eigenvalue weighted by Gasteiger charge is 2.11. The predicted molar refractivity (Wildman–Crippen MR) is 167 cm³/mol. The van der Waals surface area contributed by atoms with Gasteiger partial charge in [0, 0.05) is 17.3 Å². The maximum atomic E-state index is 4.80. The van der Waals surface area contributed by atoms with Crippen molar-refractivity contribution in [2.75, 3.05) is 0 Å². The Labute approximate surface area is 239 Å². The molecular weight excluding hydrogens is 523 g/mol. The maximum absolute atomic E-state index is 4.80. The van der Waals surface area contributed by atoms with Crippen molar-refractivity contribution in [3.8, 4) is 0 Å². The summed E-state index contributed by atoms with van der Waals surface area (Å²) in [6, 6.07) is 25.8. The SMILES string of the molecule is C=Cc1ccc(CSc2nc(SCc3ccc(C=C)cc3)nc(SCc3ccc(C(C)CC)cc3)n2)cc1. The quantitative estimate of drug-likeness (QED) is 0.153. The summed E-state index contributed by atoms with van der Waals surface area (Å²) < 4.78 is 0. The predicted octanol–water partition coefficient (Wildman–Crippen LogP) is 9.55. The lowest BCUT2D eigenvalue weighted by Crippen LogP contribution is -1.98. The Morgan fingerprint density at radius 2 is 0.947 bits per heavy atom. The molecule has 3 aromatic carbocycles. The molecule has 4 rings (SSSR count). The van der Waals surface area contributed by atoms with E-state index in [0.29, 0.717) is 5.92 Å². The number of hydrogen-bond acceptors (Lipinski definition) is 6. The number of rotatable bonds is 13. The summed E-state index contributed by atoms with van der Waals surface area (Å²) in [5.74, 6) is 3.01. The van der Waals surface area contributed by atoms with Crippen LogP contribution in [-0.4, -0.2) is 15.0 Å². The van der Waals surface area contributed by atoms with E-state index in [0.717, 1.165) is 50.3 Å². The van der Waals surface area contributed by atoms with Crippen LogP contribution in [-0.2, 0) is 17.3 Å². The molecule has 0 aliphatic carbocycles. The van der Waals surface area contributed by atoms with E-state index in [1.807, 2.05) is 12.2 Å². The van der Waals surface area contributed by atoms with Crippen LogP contribution in [0.1, 0.15) is 59.6 Å². The van der Waals surface area contributed by atoms with Gasteiger partial charge in [-0.3, -0.25) is 0 Å². The minimum absolute atomic E-state index is 0.584. The van der Waals surface area contributed by atoms with Gasteiger partial charge in [0.15, 0.2) is 15.5 Å². The molecule has 0 aliphatic rings. The second-order valence-corrected chi connectivity index (χ2v) is 11.8. The van der Waals surface area contributed by atoms with E-state index >= 15 is 0 Å². The van der Waals surface area contributed by atoms with E-state index < -0.39 is 0 Å². The summed E-state index contributed by atoms with van der Waals surface area (Å²) in [7, 11) is 0. The molecule has 38 heavy (non-hydrogen) atoms. The van der Waals surface area contributed by atoms with Crippen molar-refractivity contribution in [3.63, 3.8) is 0 Å². The molecule has 0 saturated carbocycles. The lowest BCUT2D eigenvalue weighted by Gasteiger charge is -2.10. The average molecular weight is 556 g/mol. The van der Waals surface area contributed by atoms with E-state index in [1.54, 1.807) is 35.3 Å². The summed E-state index contributed by atoms with van der Waals surface area (Å²) in [6.45, 7) is 12.2. The third kappa shape index (κ3) is 8.35. The minimum Gasteiger partial charge on any atom is -0.196 e. The van der Waals surface area contributed by atoms with E-state index in [4.69, 9.17) is 15.0 Å². The van der Waals surface area contributed by atoms with E-state index in [2.05, 4.69) is 99.8 Å². The fourth-order valence-corrected chi connectivity index (χ4v) is 6.18. The van der Waals surface area contributed by atoms with Crippen molar-refractivity contribution in [2.45, 2.75) is 58.9 Å². The molecule has 0 saturated heterocycles. The monoisotopic (exact) mass is 555 g/mol. The third-order valence-corrected chi connectivity index (χ3v) is 9.02. The molecule has 0 fully saturated rings. The topological polar surface area (TPSA) is 38.7 Å². The van der Waals surface area contributed by atoms with E-state index in [-0.39, 0.29) is 0 Å². The molecule has 3 nitrogen and oxygen atoms in total. The summed E-state index contributed by atoms with van der Waals surface area (Å²) in [5, 5.41) is 2.28. The first kappa shape index (κ1) is 28.2. The number of aromatic nitrogens is 3. The van der Waals surface area contributed by atoms with Crippen LogP contribution < -0.4 is 0 Å². The highest BCUT2D eigenvalue weighted by atomic mass is 32.2. The van der Waals surface area contributed by atoms with Crippen LogP contribution in [0.3, 0.4) is 0 Å². The zero-order valence-corrected chi connectivity index (χ0v) is 24.4. The average Bonchev–Trinajstić information content (AvgIpc) is 2.98. The fraction of sp³-hybridized carbons (Fsp3) is 0.219. The first-order chi connectivity index (χ1) is 18.6. The van der Waals surface area contributed by atoms with Gasteiger partial charge in [-0.15, -0.1) is 0 Å². The van der Waals surface area contributed by atoms with Gasteiger partial charge >= 0.3 is 0 Å². The van der Waals surface area contributed by atoms with Gasteiger partial charge in [0.05, 0.1) is 0 Å². The third-order valence-electron chi connectivity index (χ3n) is 6.27. The number of hydrogen-bond donors (Lipinski definition) is 0. The van der Waals surface area contributed by atoms with Gasteiger partial charge in [0.2, 0.25) is 0 Å². The largest absolute Gasteiger partial charge is 0.196 e. The summed E-state index contributed by atoms with van der Waals surface area (Å²) in [4.78, 5) is 14.4. The van der Waals surface area contributed by atoms with Crippen LogP contribution >= 0.6 is 35.3 Å². The fourth-order valence-electron chi connectivity index (χ4n) is 3.64. The summed E-state index contributed by atoms with van der Waals surface area (Å²) in [6.07, 6.45) is 4.87. The van der Waals surface area contributed by atoms with Crippen molar-refractivity contribution in [1.82, 2.24) is 15.0 Å². The van der Waals surface area contributed by atoms with Gasteiger partial charge in [-0.05, 0) is 45.7 Å². The second kappa shape index (κ2) is 14.4. The molecule has 0 spiro atoms. The van der Waals surface area contributed by atoms with Crippen LogP contribution in [0.25, 0.3) is 12.2 Å². The molecular formula is C32H33N3S3. The molecule has 1 aromatic heterocycles. The van der Waals surface area contributed by atoms with Crippen LogP contribution in [0.2, 0.25) is 0 Å². The van der Waals surface area contributed by atoms with Crippen molar-refractivity contribution in [1.29, 1.82) is 0 Å². The minimum atomic E-state index is 0.584. The molecule has 4 aromatic rings. The van der Waals surface area contributed by atoms with Gasteiger partial charge < -0.3 is 0 Å². The number of benzene rings is 3. The molecule has 6 heteroatoms. The highest BCUT2D eigenvalue weighted by Crippen LogP contribution is 2.29. The zero-order chi connectivity index (χ0) is 26.7.